The fourth-order valence-corrected chi connectivity index (χ4v) is 4.82. The maximum atomic E-state index is 13.0. The van der Waals surface area contributed by atoms with Crippen LogP contribution in [0.5, 0.6) is 0 Å². The maximum Gasteiger partial charge on any atom is 0.416 e. The lowest BCUT2D eigenvalue weighted by atomic mass is 9.93. The molecule has 0 heterocycles. The number of halogens is 3. The first-order valence-electron chi connectivity index (χ1n) is 10.9. The summed E-state index contributed by atoms with van der Waals surface area (Å²) in [6.07, 6.45) is -1.48. The standard InChI is InChI=1S/C24H29F3N2O3S/c1-5-15-13-16(7-12-21(15)29-33(4,31)32)20(6-2)28-22(30)19-14-23(19,3)17-8-10-18(11-9-17)24(25,26)27/h7-13,19-20,29H,5-6,14H2,1-4H3,(H,28,30)/t19-,20-,23-/m1/s1. The summed E-state index contributed by atoms with van der Waals surface area (Å²) in [6.45, 7) is 5.76. The van der Waals surface area contributed by atoms with Gasteiger partial charge in [-0.3, -0.25) is 9.52 Å². The fraction of sp³-hybridized carbons (Fsp3) is 0.458. The molecule has 2 aromatic carbocycles. The molecule has 33 heavy (non-hydrogen) atoms. The zero-order valence-electron chi connectivity index (χ0n) is 19.1. The fourth-order valence-electron chi connectivity index (χ4n) is 4.22. The molecule has 2 N–H and O–H groups in total. The number of anilines is 1. The third-order valence-electron chi connectivity index (χ3n) is 6.36. The Balaban J connectivity index is 1.73. The topological polar surface area (TPSA) is 75.3 Å². The normalized spacial score (nSPS) is 21.4. The summed E-state index contributed by atoms with van der Waals surface area (Å²) in [7, 11) is -3.40. The van der Waals surface area contributed by atoms with E-state index in [1.165, 1.54) is 12.1 Å². The van der Waals surface area contributed by atoms with Crippen LogP contribution in [0.15, 0.2) is 42.5 Å². The molecule has 0 saturated heterocycles. The molecule has 5 nitrogen and oxygen atoms in total. The van der Waals surface area contributed by atoms with Gasteiger partial charge >= 0.3 is 6.18 Å². The van der Waals surface area contributed by atoms with Gasteiger partial charge in [-0.05, 0) is 54.2 Å². The van der Waals surface area contributed by atoms with Gasteiger partial charge in [0, 0.05) is 11.3 Å². The van der Waals surface area contributed by atoms with E-state index in [0.717, 1.165) is 29.5 Å². The lowest BCUT2D eigenvalue weighted by molar-refractivity contribution is -0.137. The van der Waals surface area contributed by atoms with Gasteiger partial charge in [0.1, 0.15) is 0 Å². The molecular formula is C24H29F3N2O3S. The molecule has 1 fully saturated rings. The van der Waals surface area contributed by atoms with Crippen molar-refractivity contribution in [3.8, 4) is 0 Å². The van der Waals surface area contributed by atoms with Gasteiger partial charge in [-0.15, -0.1) is 0 Å². The van der Waals surface area contributed by atoms with E-state index in [1.807, 2.05) is 26.8 Å². The predicted octanol–water partition coefficient (Wildman–Crippen LogP) is 5.18. The average Bonchev–Trinajstić information content (AvgIpc) is 3.44. The van der Waals surface area contributed by atoms with E-state index >= 15 is 0 Å². The number of sulfonamides is 1. The van der Waals surface area contributed by atoms with Gasteiger partial charge in [0.05, 0.1) is 23.5 Å². The number of hydrogen-bond acceptors (Lipinski definition) is 3. The van der Waals surface area contributed by atoms with Crippen LogP contribution < -0.4 is 10.0 Å². The Morgan fingerprint density at radius 2 is 1.79 bits per heavy atom. The summed E-state index contributed by atoms with van der Waals surface area (Å²) < 4.78 is 64.2. The minimum absolute atomic E-state index is 0.138. The van der Waals surface area contributed by atoms with Crippen molar-refractivity contribution in [1.29, 1.82) is 0 Å². The molecule has 3 atom stereocenters. The molecule has 2 aromatic rings. The molecule has 1 aliphatic rings. The first-order chi connectivity index (χ1) is 15.3. The first kappa shape index (κ1) is 25.1. The van der Waals surface area contributed by atoms with Crippen molar-refractivity contribution in [2.45, 2.75) is 57.7 Å². The number of aryl methyl sites for hydroxylation is 1. The van der Waals surface area contributed by atoms with Gasteiger partial charge in [0.25, 0.3) is 0 Å². The van der Waals surface area contributed by atoms with Crippen LogP contribution in [0.1, 0.15) is 61.9 Å². The molecule has 0 bridgehead atoms. The molecule has 9 heteroatoms. The summed E-state index contributed by atoms with van der Waals surface area (Å²) in [4.78, 5) is 13.0. The second-order valence-electron chi connectivity index (χ2n) is 8.86. The van der Waals surface area contributed by atoms with Gasteiger partial charge in [0.15, 0.2) is 0 Å². The molecule has 0 unspecified atom stereocenters. The van der Waals surface area contributed by atoms with Crippen molar-refractivity contribution in [1.82, 2.24) is 5.32 Å². The molecule has 3 rings (SSSR count). The zero-order valence-corrected chi connectivity index (χ0v) is 19.9. The van der Waals surface area contributed by atoms with Crippen LogP contribution >= 0.6 is 0 Å². The van der Waals surface area contributed by atoms with E-state index in [0.29, 0.717) is 30.5 Å². The largest absolute Gasteiger partial charge is 0.416 e. The number of rotatable bonds is 8. The van der Waals surface area contributed by atoms with Crippen LogP contribution in [-0.4, -0.2) is 20.6 Å². The van der Waals surface area contributed by atoms with E-state index in [4.69, 9.17) is 0 Å². The summed E-state index contributed by atoms with van der Waals surface area (Å²) in [5.41, 5.74) is 1.73. The van der Waals surface area contributed by atoms with E-state index in [2.05, 4.69) is 10.0 Å². The predicted molar refractivity (Wildman–Crippen MR) is 122 cm³/mol. The Hall–Kier alpha value is -2.55. The Morgan fingerprint density at radius 3 is 2.30 bits per heavy atom. The number of benzene rings is 2. The number of amides is 1. The third-order valence-corrected chi connectivity index (χ3v) is 6.95. The molecule has 0 spiro atoms. The first-order valence-corrected chi connectivity index (χ1v) is 12.8. The summed E-state index contributed by atoms with van der Waals surface area (Å²) in [6, 6.07) is 10.2. The van der Waals surface area contributed by atoms with E-state index in [1.54, 1.807) is 12.1 Å². The van der Waals surface area contributed by atoms with Crippen LogP contribution in [-0.2, 0) is 32.8 Å². The highest BCUT2D eigenvalue weighted by molar-refractivity contribution is 7.92. The van der Waals surface area contributed by atoms with Gasteiger partial charge in [-0.1, -0.05) is 45.0 Å². The van der Waals surface area contributed by atoms with Gasteiger partial charge in [0.2, 0.25) is 15.9 Å². The second kappa shape index (κ2) is 9.00. The van der Waals surface area contributed by atoms with Crippen molar-refractivity contribution >= 4 is 21.6 Å². The van der Waals surface area contributed by atoms with E-state index < -0.39 is 27.2 Å². The summed E-state index contributed by atoms with van der Waals surface area (Å²) in [5, 5.41) is 3.07. The Kier molecular flexibility index (Phi) is 6.84. The number of alkyl halides is 3. The molecule has 180 valence electrons. The molecule has 0 aromatic heterocycles. The third kappa shape index (κ3) is 5.69. The summed E-state index contributed by atoms with van der Waals surface area (Å²) >= 11 is 0. The Morgan fingerprint density at radius 1 is 1.15 bits per heavy atom. The number of hydrogen-bond donors (Lipinski definition) is 2. The van der Waals surface area contributed by atoms with Crippen LogP contribution in [0.2, 0.25) is 0 Å². The zero-order chi connectivity index (χ0) is 24.6. The van der Waals surface area contributed by atoms with Gasteiger partial charge < -0.3 is 5.32 Å². The highest BCUT2D eigenvalue weighted by atomic mass is 32.2. The van der Waals surface area contributed by atoms with Crippen molar-refractivity contribution in [3.63, 3.8) is 0 Å². The number of nitrogens with one attached hydrogen (secondary N) is 2. The molecule has 1 amide bonds. The van der Waals surface area contributed by atoms with Gasteiger partial charge in [-0.25, -0.2) is 8.42 Å². The molecule has 0 aliphatic heterocycles. The smallest absolute Gasteiger partial charge is 0.349 e. The highest BCUT2D eigenvalue weighted by Gasteiger charge is 2.55. The van der Waals surface area contributed by atoms with Crippen molar-refractivity contribution in [3.05, 3.63) is 64.7 Å². The minimum atomic E-state index is -4.39. The maximum absolute atomic E-state index is 13.0. The quantitative estimate of drug-likeness (QED) is 0.544. The second-order valence-corrected chi connectivity index (χ2v) is 10.6. The monoisotopic (exact) mass is 482 g/mol. The Bertz CT molecular complexity index is 1130. The van der Waals surface area contributed by atoms with E-state index in [-0.39, 0.29) is 17.9 Å². The molecule has 1 aliphatic carbocycles. The van der Waals surface area contributed by atoms with Crippen LogP contribution in [0, 0.1) is 5.92 Å². The van der Waals surface area contributed by atoms with Crippen molar-refractivity contribution in [2.75, 3.05) is 11.0 Å². The van der Waals surface area contributed by atoms with Crippen LogP contribution in [0.4, 0.5) is 18.9 Å². The molecule has 0 radical (unpaired) electrons. The van der Waals surface area contributed by atoms with Crippen molar-refractivity contribution in [2.24, 2.45) is 5.92 Å². The van der Waals surface area contributed by atoms with Crippen molar-refractivity contribution < 1.29 is 26.4 Å². The van der Waals surface area contributed by atoms with Crippen LogP contribution in [0.3, 0.4) is 0 Å². The SMILES string of the molecule is CCc1cc([C@@H](CC)NC(=O)[C@H]2C[C@]2(C)c2ccc(C(F)(F)F)cc2)ccc1NS(C)(=O)=O. The van der Waals surface area contributed by atoms with Gasteiger partial charge in [-0.2, -0.15) is 13.2 Å². The highest BCUT2D eigenvalue weighted by Crippen LogP contribution is 2.54. The number of carbonyl (C=O) groups is 1. The van der Waals surface area contributed by atoms with E-state index in [9.17, 15) is 26.4 Å². The number of carbonyl (C=O) groups excluding carboxylic acids is 1. The summed E-state index contributed by atoms with van der Waals surface area (Å²) in [5.74, 6) is -0.458. The average molecular weight is 483 g/mol. The Labute approximate surface area is 192 Å². The minimum Gasteiger partial charge on any atom is -0.349 e. The lowest BCUT2D eigenvalue weighted by Gasteiger charge is -2.21. The molecular weight excluding hydrogens is 453 g/mol. The molecule has 1 saturated carbocycles. The van der Waals surface area contributed by atoms with Crippen LogP contribution in [0.25, 0.3) is 0 Å². The lowest BCUT2D eigenvalue weighted by Crippen LogP contribution is -2.31.